The first-order valence-electron chi connectivity index (χ1n) is 8.14. The highest BCUT2D eigenvalue weighted by atomic mass is 16.5. The van der Waals surface area contributed by atoms with Gasteiger partial charge in [0.1, 0.15) is 5.75 Å². The van der Waals surface area contributed by atoms with Gasteiger partial charge in [0.05, 0.1) is 12.6 Å². The van der Waals surface area contributed by atoms with Gasteiger partial charge in [0.2, 0.25) is 5.91 Å². The van der Waals surface area contributed by atoms with E-state index in [1.54, 1.807) is 0 Å². The third-order valence-corrected chi connectivity index (χ3v) is 3.44. The number of nitrogens with two attached hydrogens (primary N) is 1. The molecule has 0 heterocycles. The number of nitrogens with one attached hydrogen (secondary N) is 1. The Morgan fingerprint density at radius 3 is 2.50 bits per heavy atom. The zero-order valence-electron chi connectivity index (χ0n) is 14.3. The Bertz CT molecular complexity index is 458. The Morgan fingerprint density at radius 2 is 1.86 bits per heavy atom. The first kappa shape index (κ1) is 18.5. The fraction of sp³-hybridized carbons (Fsp3) is 0.611. The van der Waals surface area contributed by atoms with Gasteiger partial charge in [-0.05, 0) is 30.7 Å². The van der Waals surface area contributed by atoms with E-state index >= 15 is 0 Å². The summed E-state index contributed by atoms with van der Waals surface area (Å²) in [6.45, 7) is 9.60. The van der Waals surface area contributed by atoms with Crippen molar-refractivity contribution in [2.24, 2.45) is 17.6 Å². The van der Waals surface area contributed by atoms with Crippen LogP contribution in [0.15, 0.2) is 24.3 Å². The van der Waals surface area contributed by atoms with Gasteiger partial charge < -0.3 is 15.8 Å². The van der Waals surface area contributed by atoms with Gasteiger partial charge in [-0.2, -0.15) is 0 Å². The van der Waals surface area contributed by atoms with Crippen LogP contribution in [0.2, 0.25) is 0 Å². The van der Waals surface area contributed by atoms with E-state index in [4.69, 9.17) is 10.5 Å². The third kappa shape index (κ3) is 6.94. The number of para-hydroxylation sites is 1. The molecule has 0 unspecified atom stereocenters. The van der Waals surface area contributed by atoms with Gasteiger partial charge in [0.15, 0.2) is 0 Å². The normalized spacial score (nSPS) is 12.5. The zero-order chi connectivity index (χ0) is 16.5. The van der Waals surface area contributed by atoms with Gasteiger partial charge in [0, 0.05) is 12.1 Å². The number of hydrogen-bond acceptors (Lipinski definition) is 3. The standard InChI is InChI=1S/C18H30N2O2/c1-13(2)9-10-22-17-8-6-5-7-15(17)12-20-18(21)16(19)11-14(3)4/h5-8,13-14,16H,9-12,19H2,1-4H3,(H,20,21)/t16-/m0/s1. The Hall–Kier alpha value is -1.55. The van der Waals surface area contributed by atoms with Crippen LogP contribution >= 0.6 is 0 Å². The minimum Gasteiger partial charge on any atom is -0.493 e. The summed E-state index contributed by atoms with van der Waals surface area (Å²) in [6, 6.07) is 7.36. The number of ether oxygens (including phenoxy) is 1. The van der Waals surface area contributed by atoms with Crippen LogP contribution in [0.25, 0.3) is 0 Å². The second-order valence-corrected chi connectivity index (χ2v) is 6.59. The molecule has 4 heteroatoms. The third-order valence-electron chi connectivity index (χ3n) is 3.44. The minimum absolute atomic E-state index is 0.106. The number of benzene rings is 1. The number of hydrogen-bond donors (Lipinski definition) is 2. The molecule has 0 aromatic heterocycles. The Labute approximate surface area is 134 Å². The molecule has 22 heavy (non-hydrogen) atoms. The highest BCUT2D eigenvalue weighted by Crippen LogP contribution is 2.18. The lowest BCUT2D eigenvalue weighted by Gasteiger charge is -2.16. The molecule has 0 saturated heterocycles. The van der Waals surface area contributed by atoms with Crippen LogP contribution in [0.5, 0.6) is 5.75 Å². The van der Waals surface area contributed by atoms with Gasteiger partial charge in [-0.1, -0.05) is 45.9 Å². The van der Waals surface area contributed by atoms with Crippen LogP contribution in [-0.2, 0) is 11.3 Å². The molecule has 1 rings (SSSR count). The monoisotopic (exact) mass is 306 g/mol. The molecule has 0 bridgehead atoms. The summed E-state index contributed by atoms with van der Waals surface area (Å²) in [6.07, 6.45) is 1.71. The lowest BCUT2D eigenvalue weighted by molar-refractivity contribution is -0.122. The van der Waals surface area contributed by atoms with E-state index in [1.807, 2.05) is 24.3 Å². The van der Waals surface area contributed by atoms with Crippen molar-refractivity contribution in [2.45, 2.75) is 53.1 Å². The second-order valence-electron chi connectivity index (χ2n) is 6.59. The summed E-state index contributed by atoms with van der Waals surface area (Å²) in [7, 11) is 0. The molecule has 1 aromatic carbocycles. The maximum atomic E-state index is 12.0. The number of amides is 1. The predicted molar refractivity (Wildman–Crippen MR) is 90.7 cm³/mol. The second kappa shape index (κ2) is 9.46. The summed E-state index contributed by atoms with van der Waals surface area (Å²) in [4.78, 5) is 12.0. The van der Waals surface area contributed by atoms with Gasteiger partial charge in [-0.25, -0.2) is 0 Å². The minimum atomic E-state index is -0.450. The largest absolute Gasteiger partial charge is 0.493 e. The zero-order valence-corrected chi connectivity index (χ0v) is 14.3. The molecule has 4 nitrogen and oxygen atoms in total. The van der Waals surface area contributed by atoms with E-state index in [-0.39, 0.29) is 5.91 Å². The van der Waals surface area contributed by atoms with Crippen molar-refractivity contribution in [1.82, 2.24) is 5.32 Å². The Kier molecular flexibility index (Phi) is 7.96. The van der Waals surface area contributed by atoms with Gasteiger partial charge in [-0.3, -0.25) is 4.79 Å². The summed E-state index contributed by atoms with van der Waals surface area (Å²) in [5.41, 5.74) is 6.87. The average molecular weight is 306 g/mol. The van der Waals surface area contributed by atoms with Crippen LogP contribution in [0.4, 0.5) is 0 Å². The van der Waals surface area contributed by atoms with E-state index in [0.717, 1.165) is 17.7 Å². The van der Waals surface area contributed by atoms with E-state index < -0.39 is 6.04 Å². The van der Waals surface area contributed by atoms with Crippen molar-refractivity contribution in [3.05, 3.63) is 29.8 Å². The maximum absolute atomic E-state index is 12.0. The Balaban J connectivity index is 2.53. The summed E-state index contributed by atoms with van der Waals surface area (Å²) in [5, 5.41) is 2.90. The molecule has 3 N–H and O–H groups in total. The molecule has 0 aliphatic rings. The van der Waals surface area contributed by atoms with E-state index in [1.165, 1.54) is 0 Å². The summed E-state index contributed by atoms with van der Waals surface area (Å²) < 4.78 is 5.82. The average Bonchev–Trinajstić information content (AvgIpc) is 2.44. The SMILES string of the molecule is CC(C)CCOc1ccccc1CNC(=O)[C@@H](N)CC(C)C. The van der Waals surface area contributed by atoms with Gasteiger partial charge >= 0.3 is 0 Å². The van der Waals surface area contributed by atoms with Crippen LogP contribution in [-0.4, -0.2) is 18.6 Å². The molecule has 1 amide bonds. The fourth-order valence-corrected chi connectivity index (χ4v) is 2.12. The molecule has 0 fully saturated rings. The molecule has 0 aliphatic heterocycles. The molecular formula is C18H30N2O2. The lowest BCUT2D eigenvalue weighted by atomic mass is 10.0. The van der Waals surface area contributed by atoms with Crippen LogP contribution in [0, 0.1) is 11.8 Å². The summed E-state index contributed by atoms with van der Waals surface area (Å²) in [5.74, 6) is 1.75. The van der Waals surface area contributed by atoms with Crippen LogP contribution in [0.1, 0.15) is 46.1 Å². The highest BCUT2D eigenvalue weighted by molar-refractivity contribution is 5.81. The first-order valence-corrected chi connectivity index (χ1v) is 8.14. The Morgan fingerprint density at radius 1 is 1.18 bits per heavy atom. The van der Waals surface area contributed by atoms with E-state index in [9.17, 15) is 4.79 Å². The van der Waals surface area contributed by atoms with Crippen molar-refractivity contribution in [3.8, 4) is 5.75 Å². The molecule has 124 valence electrons. The number of rotatable bonds is 9. The van der Waals surface area contributed by atoms with E-state index in [0.29, 0.717) is 31.4 Å². The summed E-state index contributed by atoms with van der Waals surface area (Å²) >= 11 is 0. The van der Waals surface area contributed by atoms with Crippen molar-refractivity contribution in [2.75, 3.05) is 6.61 Å². The molecule has 0 saturated carbocycles. The van der Waals surface area contributed by atoms with Crippen molar-refractivity contribution >= 4 is 5.91 Å². The smallest absolute Gasteiger partial charge is 0.237 e. The molecule has 0 spiro atoms. The first-order chi connectivity index (χ1) is 10.4. The molecule has 1 aromatic rings. The molecule has 1 atom stereocenters. The fourth-order valence-electron chi connectivity index (χ4n) is 2.12. The molecule has 0 aliphatic carbocycles. The number of carbonyl (C=O) groups is 1. The van der Waals surface area contributed by atoms with E-state index in [2.05, 4.69) is 33.0 Å². The number of carbonyl (C=O) groups excluding carboxylic acids is 1. The molecule has 0 radical (unpaired) electrons. The van der Waals surface area contributed by atoms with Crippen molar-refractivity contribution in [1.29, 1.82) is 0 Å². The maximum Gasteiger partial charge on any atom is 0.237 e. The lowest BCUT2D eigenvalue weighted by Crippen LogP contribution is -2.41. The topological polar surface area (TPSA) is 64.3 Å². The molecular weight excluding hydrogens is 276 g/mol. The van der Waals surface area contributed by atoms with Crippen LogP contribution in [0.3, 0.4) is 0 Å². The van der Waals surface area contributed by atoms with Crippen molar-refractivity contribution < 1.29 is 9.53 Å². The predicted octanol–water partition coefficient (Wildman–Crippen LogP) is 3.10. The van der Waals surface area contributed by atoms with Gasteiger partial charge in [-0.15, -0.1) is 0 Å². The quantitative estimate of drug-likeness (QED) is 0.737. The highest BCUT2D eigenvalue weighted by Gasteiger charge is 2.15. The van der Waals surface area contributed by atoms with Crippen molar-refractivity contribution in [3.63, 3.8) is 0 Å². The van der Waals surface area contributed by atoms with Crippen LogP contribution < -0.4 is 15.8 Å². The van der Waals surface area contributed by atoms with Gasteiger partial charge in [0.25, 0.3) is 0 Å².